The molecular weight excluding hydrogens is 118 g/mol. The lowest BCUT2D eigenvalue weighted by molar-refractivity contribution is -0.216. The van der Waals surface area contributed by atoms with E-state index in [1.807, 2.05) is 5.06 Å². The van der Waals surface area contributed by atoms with Crippen molar-refractivity contribution in [2.45, 2.75) is 19.3 Å². The largest absolute Gasteiger partial charge is 0.369 e. The van der Waals surface area contributed by atoms with Gasteiger partial charge in [-0.2, -0.15) is 5.06 Å². The molecule has 3 nitrogen and oxygen atoms in total. The molecule has 0 unspecified atom stereocenters. The van der Waals surface area contributed by atoms with Gasteiger partial charge in [-0.25, -0.2) is 0 Å². The molecule has 1 fully saturated rings. The second kappa shape index (κ2) is 3.82. The predicted octanol–water partition coefficient (Wildman–Crippen LogP) is 0.354. The van der Waals surface area contributed by atoms with Crippen LogP contribution in [0.3, 0.4) is 0 Å². The van der Waals surface area contributed by atoms with Crippen LogP contribution in [0.5, 0.6) is 0 Å². The summed E-state index contributed by atoms with van der Waals surface area (Å²) >= 11 is 0. The van der Waals surface area contributed by atoms with Gasteiger partial charge in [0.2, 0.25) is 0 Å². The minimum Gasteiger partial charge on any atom is -0.369 e. The molecule has 0 saturated carbocycles. The van der Waals surface area contributed by atoms with Crippen LogP contribution in [0.1, 0.15) is 19.3 Å². The molecule has 0 aromatic rings. The minimum absolute atomic E-state index is 0.181. The summed E-state index contributed by atoms with van der Waals surface area (Å²) in [6, 6.07) is 0. The van der Waals surface area contributed by atoms with E-state index in [1.54, 1.807) is 0 Å². The molecular formula is C6H13NO2. The summed E-state index contributed by atoms with van der Waals surface area (Å²) in [6.45, 7) is 1.76. The highest BCUT2D eigenvalue weighted by atomic mass is 16.7. The minimum atomic E-state index is -0.181. The number of aliphatic hydroxyl groups is 1. The first-order valence-corrected chi connectivity index (χ1v) is 3.42. The van der Waals surface area contributed by atoms with E-state index in [-0.39, 0.29) is 6.79 Å². The number of hydroxylamine groups is 2. The van der Waals surface area contributed by atoms with Crippen molar-refractivity contribution in [1.82, 2.24) is 5.06 Å². The van der Waals surface area contributed by atoms with Gasteiger partial charge in [0, 0.05) is 13.1 Å². The molecule has 1 heterocycles. The van der Waals surface area contributed by atoms with Gasteiger partial charge in [0.1, 0.15) is 0 Å². The van der Waals surface area contributed by atoms with E-state index >= 15 is 0 Å². The monoisotopic (exact) mass is 131 g/mol. The average molecular weight is 131 g/mol. The summed E-state index contributed by atoms with van der Waals surface area (Å²) in [7, 11) is 0. The van der Waals surface area contributed by atoms with E-state index in [1.165, 1.54) is 19.3 Å². The second-order valence-electron chi connectivity index (χ2n) is 2.25. The van der Waals surface area contributed by atoms with E-state index in [9.17, 15) is 0 Å². The molecule has 1 rings (SSSR count). The Morgan fingerprint density at radius 1 is 1.22 bits per heavy atom. The SMILES string of the molecule is OCON1CCCCC1. The van der Waals surface area contributed by atoms with Crippen LogP contribution in [0.4, 0.5) is 0 Å². The van der Waals surface area contributed by atoms with E-state index in [4.69, 9.17) is 9.94 Å². The fourth-order valence-electron chi connectivity index (χ4n) is 1.08. The highest BCUT2D eigenvalue weighted by Gasteiger charge is 2.08. The second-order valence-corrected chi connectivity index (χ2v) is 2.25. The average Bonchev–Trinajstić information content (AvgIpc) is 1.91. The fraction of sp³-hybridized carbons (Fsp3) is 1.00. The molecule has 1 saturated heterocycles. The smallest absolute Gasteiger partial charge is 0.164 e. The van der Waals surface area contributed by atoms with Crippen LogP contribution in [-0.4, -0.2) is 30.1 Å². The molecule has 0 radical (unpaired) electrons. The lowest BCUT2D eigenvalue weighted by atomic mass is 10.2. The van der Waals surface area contributed by atoms with Gasteiger partial charge in [-0.1, -0.05) is 6.42 Å². The third kappa shape index (κ3) is 2.30. The van der Waals surface area contributed by atoms with Gasteiger partial charge < -0.3 is 5.11 Å². The number of hydrogen-bond donors (Lipinski definition) is 1. The van der Waals surface area contributed by atoms with E-state index in [2.05, 4.69) is 0 Å². The van der Waals surface area contributed by atoms with Gasteiger partial charge in [0.25, 0.3) is 0 Å². The molecule has 0 aromatic heterocycles. The Morgan fingerprint density at radius 3 is 2.44 bits per heavy atom. The predicted molar refractivity (Wildman–Crippen MR) is 33.6 cm³/mol. The summed E-state index contributed by atoms with van der Waals surface area (Å²) in [5, 5.41) is 10.2. The van der Waals surface area contributed by atoms with Crippen molar-refractivity contribution in [2.24, 2.45) is 0 Å². The summed E-state index contributed by atoms with van der Waals surface area (Å²) in [4.78, 5) is 4.87. The molecule has 1 N–H and O–H groups in total. The molecule has 0 atom stereocenters. The Balaban J connectivity index is 2.08. The van der Waals surface area contributed by atoms with E-state index in [0.29, 0.717) is 0 Å². The summed E-state index contributed by atoms with van der Waals surface area (Å²) in [5.41, 5.74) is 0. The molecule has 0 aliphatic carbocycles. The van der Waals surface area contributed by atoms with Crippen molar-refractivity contribution >= 4 is 0 Å². The molecule has 3 heteroatoms. The van der Waals surface area contributed by atoms with E-state index < -0.39 is 0 Å². The Bertz CT molecular complexity index is 68.7. The lowest BCUT2D eigenvalue weighted by Gasteiger charge is -2.24. The fourth-order valence-corrected chi connectivity index (χ4v) is 1.08. The number of hydrogen-bond acceptors (Lipinski definition) is 3. The normalized spacial score (nSPS) is 22.3. The Hall–Kier alpha value is -0.120. The Labute approximate surface area is 55.2 Å². The number of rotatable bonds is 2. The molecule has 9 heavy (non-hydrogen) atoms. The first-order chi connectivity index (χ1) is 4.43. The standard InChI is InChI=1S/C6H13NO2/c8-6-9-7-4-2-1-3-5-7/h8H,1-6H2. The summed E-state index contributed by atoms with van der Waals surface area (Å²) in [5.74, 6) is 0. The van der Waals surface area contributed by atoms with Crippen molar-refractivity contribution in [3.05, 3.63) is 0 Å². The number of piperidine rings is 1. The first-order valence-electron chi connectivity index (χ1n) is 3.42. The first kappa shape index (κ1) is 6.99. The lowest BCUT2D eigenvalue weighted by Crippen LogP contribution is -2.30. The molecule has 54 valence electrons. The van der Waals surface area contributed by atoms with Gasteiger partial charge in [-0.15, -0.1) is 0 Å². The van der Waals surface area contributed by atoms with E-state index in [0.717, 1.165) is 13.1 Å². The maximum Gasteiger partial charge on any atom is 0.164 e. The molecule has 0 aromatic carbocycles. The molecule has 0 spiro atoms. The van der Waals surface area contributed by atoms with Gasteiger partial charge >= 0.3 is 0 Å². The quantitative estimate of drug-likeness (QED) is 0.549. The van der Waals surface area contributed by atoms with Crippen LogP contribution in [0.15, 0.2) is 0 Å². The van der Waals surface area contributed by atoms with Gasteiger partial charge in [0.05, 0.1) is 0 Å². The zero-order valence-corrected chi connectivity index (χ0v) is 5.55. The van der Waals surface area contributed by atoms with Crippen molar-refractivity contribution in [3.63, 3.8) is 0 Å². The van der Waals surface area contributed by atoms with Crippen molar-refractivity contribution in [2.75, 3.05) is 19.9 Å². The number of aliphatic hydroxyl groups excluding tert-OH is 1. The van der Waals surface area contributed by atoms with Gasteiger partial charge in [0.15, 0.2) is 6.79 Å². The molecule has 0 bridgehead atoms. The van der Waals surface area contributed by atoms with Gasteiger partial charge in [-0.05, 0) is 12.8 Å². The summed E-state index contributed by atoms with van der Waals surface area (Å²) in [6.07, 6.45) is 3.69. The van der Waals surface area contributed by atoms with Gasteiger partial charge in [-0.3, -0.25) is 4.84 Å². The molecule has 1 aliphatic rings. The zero-order valence-electron chi connectivity index (χ0n) is 5.55. The highest BCUT2D eigenvalue weighted by Crippen LogP contribution is 2.07. The van der Waals surface area contributed by atoms with Crippen molar-refractivity contribution < 1.29 is 9.94 Å². The highest BCUT2D eigenvalue weighted by molar-refractivity contribution is 4.55. The molecule has 1 aliphatic heterocycles. The van der Waals surface area contributed by atoms with Crippen LogP contribution < -0.4 is 0 Å². The maximum absolute atomic E-state index is 8.35. The zero-order chi connectivity index (χ0) is 6.53. The Kier molecular flexibility index (Phi) is 2.97. The van der Waals surface area contributed by atoms with Crippen LogP contribution in [0.25, 0.3) is 0 Å². The third-order valence-corrected chi connectivity index (χ3v) is 1.56. The molecule has 0 amide bonds. The van der Waals surface area contributed by atoms with Crippen LogP contribution in [0.2, 0.25) is 0 Å². The third-order valence-electron chi connectivity index (χ3n) is 1.56. The Morgan fingerprint density at radius 2 is 1.89 bits per heavy atom. The van der Waals surface area contributed by atoms with Crippen LogP contribution in [0, 0.1) is 0 Å². The topological polar surface area (TPSA) is 32.7 Å². The van der Waals surface area contributed by atoms with Crippen molar-refractivity contribution in [1.29, 1.82) is 0 Å². The summed E-state index contributed by atoms with van der Waals surface area (Å²) < 4.78 is 0. The maximum atomic E-state index is 8.35. The van der Waals surface area contributed by atoms with Crippen LogP contribution >= 0.6 is 0 Å². The number of nitrogens with zero attached hydrogens (tertiary/aromatic N) is 1. The van der Waals surface area contributed by atoms with Crippen LogP contribution in [-0.2, 0) is 4.84 Å². The van der Waals surface area contributed by atoms with Crippen molar-refractivity contribution in [3.8, 4) is 0 Å².